The molecule has 1 aliphatic rings. The number of aromatic nitrogens is 1. The quantitative estimate of drug-likeness (QED) is 0.781. The first-order chi connectivity index (χ1) is 11.5. The number of benzene rings is 1. The van der Waals surface area contributed by atoms with Gasteiger partial charge in [0.2, 0.25) is 0 Å². The molecule has 0 aliphatic carbocycles. The summed E-state index contributed by atoms with van der Waals surface area (Å²) in [5, 5.41) is 3.38. The zero-order chi connectivity index (χ0) is 17.2. The van der Waals surface area contributed by atoms with Crippen LogP contribution in [0.3, 0.4) is 0 Å². The van der Waals surface area contributed by atoms with Gasteiger partial charge in [-0.05, 0) is 43.0 Å². The number of amides is 1. The van der Waals surface area contributed by atoms with Crippen molar-refractivity contribution in [3.63, 3.8) is 0 Å². The van der Waals surface area contributed by atoms with Gasteiger partial charge in [-0.25, -0.2) is 9.37 Å². The Morgan fingerprint density at radius 2 is 2.25 bits per heavy atom. The maximum atomic E-state index is 13.7. The molecule has 7 heteroatoms. The third-order valence-corrected chi connectivity index (χ3v) is 4.81. The summed E-state index contributed by atoms with van der Waals surface area (Å²) < 4.78 is 13.7. The van der Waals surface area contributed by atoms with Crippen molar-refractivity contribution in [2.45, 2.75) is 18.9 Å². The minimum Gasteiger partial charge on any atom is -0.321 e. The Morgan fingerprint density at radius 3 is 3.00 bits per heavy atom. The van der Waals surface area contributed by atoms with Gasteiger partial charge in [-0.1, -0.05) is 12.1 Å². The molecule has 124 valence electrons. The Bertz CT molecular complexity index is 811. The van der Waals surface area contributed by atoms with Crippen LogP contribution in [0.25, 0.3) is 0 Å². The number of nitrogens with two attached hydrogens (primary N) is 1. The Labute approximate surface area is 143 Å². The van der Waals surface area contributed by atoms with Crippen molar-refractivity contribution >= 4 is 28.5 Å². The van der Waals surface area contributed by atoms with E-state index in [0.29, 0.717) is 10.9 Å². The average Bonchev–Trinajstić information content (AvgIpc) is 2.55. The van der Waals surface area contributed by atoms with Gasteiger partial charge in [-0.3, -0.25) is 15.5 Å². The molecule has 0 radical (unpaired) electrons. The fourth-order valence-electron chi connectivity index (χ4n) is 2.64. The lowest BCUT2D eigenvalue weighted by molar-refractivity contribution is -0.559. The number of hydrogen-bond donors (Lipinski definition) is 3. The number of thioether (sulfide) groups is 1. The van der Waals surface area contributed by atoms with Gasteiger partial charge in [-0.2, -0.15) is 0 Å². The standard InChI is InChI=1S/C17H17FN4OS/c1-17(7-9-24-16(19)22-17)11-4-2-5-12(10-11)21-15(23)14-13(18)6-3-8-20-14/h2-6,8,10H,7,9H2,1H3,(H2,19,22)(H,21,23)/p+1/t17-/m0/s1. The van der Waals surface area contributed by atoms with E-state index in [4.69, 9.17) is 5.73 Å². The van der Waals surface area contributed by atoms with E-state index in [1.807, 2.05) is 18.2 Å². The number of halogens is 1. The summed E-state index contributed by atoms with van der Waals surface area (Å²) in [5.41, 5.74) is 6.98. The molecule has 1 aliphatic heterocycles. The van der Waals surface area contributed by atoms with E-state index in [0.717, 1.165) is 17.7 Å². The van der Waals surface area contributed by atoms with Crippen molar-refractivity contribution in [1.82, 2.24) is 4.98 Å². The van der Waals surface area contributed by atoms with Crippen molar-refractivity contribution in [2.75, 3.05) is 11.1 Å². The predicted octanol–water partition coefficient (Wildman–Crippen LogP) is 1.22. The second-order valence-electron chi connectivity index (χ2n) is 5.79. The lowest BCUT2D eigenvalue weighted by Crippen LogP contribution is -2.87. The Balaban J connectivity index is 1.85. The first-order valence-corrected chi connectivity index (χ1v) is 8.52. The molecule has 0 fully saturated rings. The number of hydrogen-bond acceptors (Lipinski definition) is 4. The molecular formula is C17H18FN4OS+. The summed E-state index contributed by atoms with van der Waals surface area (Å²) in [4.78, 5) is 19.3. The highest BCUT2D eigenvalue weighted by atomic mass is 32.2. The van der Waals surface area contributed by atoms with Gasteiger partial charge in [0.1, 0.15) is 5.54 Å². The Hall–Kier alpha value is -2.41. The molecule has 2 heterocycles. The molecule has 1 amide bonds. The van der Waals surface area contributed by atoms with Crippen LogP contribution in [0.4, 0.5) is 10.1 Å². The van der Waals surface area contributed by atoms with Crippen LogP contribution in [0.15, 0.2) is 42.6 Å². The van der Waals surface area contributed by atoms with Crippen LogP contribution in [0.2, 0.25) is 0 Å². The lowest BCUT2D eigenvalue weighted by atomic mass is 9.89. The highest BCUT2D eigenvalue weighted by Crippen LogP contribution is 2.26. The summed E-state index contributed by atoms with van der Waals surface area (Å²) in [7, 11) is 0. The molecule has 4 N–H and O–H groups in total. The Morgan fingerprint density at radius 1 is 1.42 bits per heavy atom. The summed E-state index contributed by atoms with van der Waals surface area (Å²) >= 11 is 1.59. The molecule has 0 unspecified atom stereocenters. The largest absolute Gasteiger partial charge is 0.321 e. The maximum Gasteiger partial charge on any atom is 0.302 e. The van der Waals surface area contributed by atoms with E-state index < -0.39 is 11.7 Å². The molecule has 3 rings (SSSR count). The van der Waals surface area contributed by atoms with Crippen molar-refractivity contribution in [1.29, 1.82) is 0 Å². The van der Waals surface area contributed by atoms with E-state index >= 15 is 0 Å². The SMILES string of the molecule is C[C@@]1(c2cccc(NC(=O)c3ncccc3F)c2)CCSC(N)=[NH+]1. The van der Waals surface area contributed by atoms with Crippen molar-refractivity contribution in [2.24, 2.45) is 5.73 Å². The second-order valence-corrected chi connectivity index (χ2v) is 6.93. The summed E-state index contributed by atoms with van der Waals surface area (Å²) in [6, 6.07) is 10.1. The number of nitrogens with zero attached hydrogens (tertiary/aromatic N) is 1. The molecule has 24 heavy (non-hydrogen) atoms. The average molecular weight is 345 g/mol. The number of pyridine rings is 1. The molecule has 1 atom stereocenters. The Kier molecular flexibility index (Phi) is 4.53. The zero-order valence-corrected chi connectivity index (χ0v) is 14.0. The molecular weight excluding hydrogens is 327 g/mol. The highest BCUT2D eigenvalue weighted by molar-refractivity contribution is 8.13. The van der Waals surface area contributed by atoms with E-state index in [2.05, 4.69) is 22.2 Å². The van der Waals surface area contributed by atoms with Crippen molar-refractivity contribution < 1.29 is 14.2 Å². The molecule has 0 bridgehead atoms. The van der Waals surface area contributed by atoms with Gasteiger partial charge in [0, 0.05) is 29.6 Å². The first-order valence-electron chi connectivity index (χ1n) is 7.54. The molecule has 5 nitrogen and oxygen atoms in total. The first kappa shape index (κ1) is 16.4. The third-order valence-electron chi connectivity index (χ3n) is 3.99. The van der Waals surface area contributed by atoms with Gasteiger partial charge in [0.05, 0.1) is 0 Å². The van der Waals surface area contributed by atoms with Crippen LogP contribution >= 0.6 is 11.8 Å². The van der Waals surface area contributed by atoms with E-state index in [1.165, 1.54) is 18.3 Å². The van der Waals surface area contributed by atoms with Crippen molar-refractivity contribution in [3.8, 4) is 0 Å². The van der Waals surface area contributed by atoms with Gasteiger partial charge in [0.15, 0.2) is 11.5 Å². The number of carbonyl (C=O) groups excluding carboxylic acids is 1. The van der Waals surface area contributed by atoms with Crippen LogP contribution in [0, 0.1) is 5.82 Å². The van der Waals surface area contributed by atoms with E-state index in [1.54, 1.807) is 17.8 Å². The molecule has 0 saturated carbocycles. The van der Waals surface area contributed by atoms with Crippen LogP contribution in [0.1, 0.15) is 29.4 Å². The number of amidine groups is 1. The van der Waals surface area contributed by atoms with Gasteiger partial charge in [0.25, 0.3) is 5.91 Å². The normalized spacial score (nSPS) is 20.3. The molecule has 0 saturated heterocycles. The highest BCUT2D eigenvalue weighted by Gasteiger charge is 2.32. The summed E-state index contributed by atoms with van der Waals surface area (Å²) in [5.74, 6) is -0.300. The van der Waals surface area contributed by atoms with Gasteiger partial charge < -0.3 is 5.32 Å². The predicted molar refractivity (Wildman–Crippen MR) is 93.2 cm³/mol. The number of rotatable bonds is 3. The minimum atomic E-state index is -0.647. The maximum absolute atomic E-state index is 13.7. The fraction of sp³-hybridized carbons (Fsp3) is 0.235. The molecule has 1 aromatic carbocycles. The molecule has 2 aromatic rings. The topological polar surface area (TPSA) is 82.0 Å². The number of nitrogens with one attached hydrogen (secondary N) is 2. The van der Waals surface area contributed by atoms with Gasteiger partial charge >= 0.3 is 5.17 Å². The molecule has 1 aromatic heterocycles. The molecule has 0 spiro atoms. The lowest BCUT2D eigenvalue weighted by Gasteiger charge is -2.27. The van der Waals surface area contributed by atoms with Crippen LogP contribution < -0.4 is 16.0 Å². The fourth-order valence-corrected chi connectivity index (χ4v) is 3.66. The number of carbonyl (C=O) groups is 1. The minimum absolute atomic E-state index is 0.223. The summed E-state index contributed by atoms with van der Waals surface area (Å²) in [6.07, 6.45) is 2.29. The smallest absolute Gasteiger partial charge is 0.302 e. The van der Waals surface area contributed by atoms with Crippen LogP contribution in [-0.2, 0) is 5.54 Å². The van der Waals surface area contributed by atoms with Crippen molar-refractivity contribution in [3.05, 3.63) is 59.7 Å². The van der Waals surface area contributed by atoms with E-state index in [9.17, 15) is 9.18 Å². The summed E-state index contributed by atoms with van der Waals surface area (Å²) in [6.45, 7) is 2.07. The second kappa shape index (κ2) is 6.60. The van der Waals surface area contributed by atoms with E-state index in [-0.39, 0.29) is 11.2 Å². The van der Waals surface area contributed by atoms with Gasteiger partial charge in [-0.15, -0.1) is 0 Å². The third kappa shape index (κ3) is 3.41. The zero-order valence-electron chi connectivity index (χ0n) is 13.2. The van der Waals surface area contributed by atoms with Crippen LogP contribution in [-0.4, -0.2) is 21.8 Å². The number of anilines is 1. The van der Waals surface area contributed by atoms with Crippen LogP contribution in [0.5, 0.6) is 0 Å². The monoisotopic (exact) mass is 345 g/mol.